The molecule has 6 rings (SSSR count). The van der Waals surface area contributed by atoms with E-state index in [9.17, 15) is 24.6 Å². The van der Waals surface area contributed by atoms with Crippen LogP contribution in [0.1, 0.15) is 27.9 Å². The molecule has 0 aromatic heterocycles. The molecule has 5 aliphatic rings. The van der Waals surface area contributed by atoms with Gasteiger partial charge in [0.05, 0.1) is 12.6 Å². The lowest BCUT2D eigenvalue weighted by Crippen LogP contribution is -2.78. The molecular weight excluding hydrogens is 482 g/mol. The third-order valence-corrected chi connectivity index (χ3v) is 8.10. The van der Waals surface area contributed by atoms with E-state index in [2.05, 4.69) is 20.6 Å². The highest BCUT2D eigenvalue weighted by molar-refractivity contribution is 6.02. The number of carbonyl (C=O) groups is 3. The minimum Gasteiger partial charge on any atom is -0.370 e. The van der Waals surface area contributed by atoms with Crippen LogP contribution in [0.25, 0.3) is 0 Å². The van der Waals surface area contributed by atoms with Crippen LogP contribution in [0.2, 0.25) is 0 Å². The van der Waals surface area contributed by atoms with Crippen molar-refractivity contribution in [2.75, 3.05) is 26.7 Å². The molecule has 8 N–H and O–H groups in total. The first-order chi connectivity index (χ1) is 17.5. The van der Waals surface area contributed by atoms with Gasteiger partial charge in [0.15, 0.2) is 17.6 Å². The Morgan fingerprint density at radius 3 is 2.76 bits per heavy atom. The molecule has 0 saturated carbocycles. The molecule has 37 heavy (non-hydrogen) atoms. The molecule has 14 heteroatoms. The van der Waals surface area contributed by atoms with E-state index < -0.39 is 47.4 Å². The van der Waals surface area contributed by atoms with Gasteiger partial charge in [0.2, 0.25) is 11.7 Å². The summed E-state index contributed by atoms with van der Waals surface area (Å²) in [4.78, 5) is 50.8. The molecule has 4 atom stereocenters. The highest BCUT2D eigenvalue weighted by Gasteiger charge is 2.73. The number of carbonyl (C=O) groups excluding carboxylic acids is 3. The summed E-state index contributed by atoms with van der Waals surface area (Å²) >= 11 is 0. The van der Waals surface area contributed by atoms with Crippen molar-refractivity contribution in [3.63, 3.8) is 0 Å². The summed E-state index contributed by atoms with van der Waals surface area (Å²) in [6.07, 6.45) is 2.63. The number of nitrogens with two attached hydrogens (primary N) is 2. The molecule has 4 heterocycles. The number of guanidine groups is 2. The van der Waals surface area contributed by atoms with E-state index in [0.29, 0.717) is 5.56 Å². The zero-order valence-electron chi connectivity index (χ0n) is 20.2. The van der Waals surface area contributed by atoms with Crippen molar-refractivity contribution in [3.05, 3.63) is 34.9 Å². The standard InChI is InChI=1S/C23H29N9O5/c1-30-10-16(33)31(21(30)35)8-14-17-22(29-19(24)28-17)23(36,37)15(9-32(22)20(25)26-14)27-18(34)13-7-3-5-11-4-2-6-12(11)13/h3,5,7,14-15,17,36-37H,2,4,6,8-10H2,1H3,(H2,25,26)(H,27,34)(H3,24,28,29)/t14?,15?,17-,22-/m0/s1. The van der Waals surface area contributed by atoms with Crippen LogP contribution in [0.5, 0.6) is 0 Å². The van der Waals surface area contributed by atoms with Gasteiger partial charge in [-0.1, -0.05) is 12.1 Å². The highest BCUT2D eigenvalue weighted by Crippen LogP contribution is 2.45. The summed E-state index contributed by atoms with van der Waals surface area (Å²) in [5.74, 6) is -3.59. The number of amides is 4. The Balaban J connectivity index is 1.31. The number of aliphatic hydroxyl groups is 2. The topological polar surface area (TPSA) is 202 Å². The molecule has 2 fully saturated rings. The van der Waals surface area contributed by atoms with Crippen LogP contribution in [0, 0.1) is 0 Å². The van der Waals surface area contributed by atoms with Crippen molar-refractivity contribution >= 4 is 29.8 Å². The lowest BCUT2D eigenvalue weighted by molar-refractivity contribution is -0.230. The predicted octanol–water partition coefficient (Wildman–Crippen LogP) is -3.16. The first kappa shape index (κ1) is 23.5. The molecule has 0 bridgehead atoms. The molecule has 4 aliphatic heterocycles. The number of benzene rings is 1. The lowest BCUT2D eigenvalue weighted by Gasteiger charge is -2.49. The molecule has 4 amide bonds. The highest BCUT2D eigenvalue weighted by atomic mass is 16.5. The van der Waals surface area contributed by atoms with Crippen molar-refractivity contribution in [3.8, 4) is 0 Å². The zero-order chi connectivity index (χ0) is 26.3. The summed E-state index contributed by atoms with van der Waals surface area (Å²) < 4.78 is 0. The van der Waals surface area contributed by atoms with Gasteiger partial charge in [-0.25, -0.2) is 14.8 Å². The van der Waals surface area contributed by atoms with Gasteiger partial charge < -0.3 is 42.1 Å². The molecule has 1 spiro atoms. The third kappa shape index (κ3) is 3.15. The fourth-order valence-corrected chi connectivity index (χ4v) is 6.34. The van der Waals surface area contributed by atoms with Gasteiger partial charge in [0.1, 0.15) is 18.6 Å². The Kier molecular flexibility index (Phi) is 4.95. The predicted molar refractivity (Wildman–Crippen MR) is 130 cm³/mol. The van der Waals surface area contributed by atoms with Crippen LogP contribution >= 0.6 is 0 Å². The van der Waals surface area contributed by atoms with E-state index in [1.54, 1.807) is 6.07 Å². The number of imide groups is 1. The maximum atomic E-state index is 13.3. The lowest BCUT2D eigenvalue weighted by atomic mass is 9.84. The van der Waals surface area contributed by atoms with Crippen molar-refractivity contribution in [1.82, 2.24) is 25.3 Å². The van der Waals surface area contributed by atoms with E-state index in [-0.39, 0.29) is 31.6 Å². The Bertz CT molecular complexity index is 1280. The van der Waals surface area contributed by atoms with Crippen LogP contribution in [-0.2, 0) is 17.6 Å². The van der Waals surface area contributed by atoms with Crippen LogP contribution in [0.4, 0.5) is 4.79 Å². The normalized spacial score (nSPS) is 31.5. The summed E-state index contributed by atoms with van der Waals surface area (Å²) in [6.45, 7) is -0.339. The van der Waals surface area contributed by atoms with Crippen LogP contribution in [0.15, 0.2) is 28.2 Å². The minimum atomic E-state index is -2.61. The number of hydrogen-bond acceptors (Lipinski definition) is 11. The van der Waals surface area contributed by atoms with Gasteiger partial charge in [-0.15, -0.1) is 0 Å². The SMILES string of the molecule is CN1CC(=O)N(CC2N=C(N)N3CC(NC(=O)c4cccc5c4CCC5)C(O)(O)[C@@]34NC(N)=N[C@@H]24)C1=O. The van der Waals surface area contributed by atoms with Gasteiger partial charge in [-0.2, -0.15) is 0 Å². The molecule has 2 unspecified atom stereocenters. The van der Waals surface area contributed by atoms with Gasteiger partial charge in [-0.05, 0) is 36.5 Å². The van der Waals surface area contributed by atoms with E-state index in [0.717, 1.165) is 35.3 Å². The van der Waals surface area contributed by atoms with Gasteiger partial charge in [-0.3, -0.25) is 14.5 Å². The third-order valence-electron chi connectivity index (χ3n) is 8.10. The average molecular weight is 512 g/mol. The molecular formula is C23H29N9O5. The van der Waals surface area contributed by atoms with E-state index in [1.807, 2.05) is 12.1 Å². The number of urea groups is 1. The smallest absolute Gasteiger partial charge is 0.327 e. The maximum Gasteiger partial charge on any atom is 0.327 e. The van der Waals surface area contributed by atoms with E-state index in [1.165, 1.54) is 16.8 Å². The molecule has 1 aromatic rings. The first-order valence-electron chi connectivity index (χ1n) is 12.2. The largest absolute Gasteiger partial charge is 0.370 e. The van der Waals surface area contributed by atoms with Crippen LogP contribution in [0.3, 0.4) is 0 Å². The number of rotatable bonds is 4. The zero-order valence-corrected chi connectivity index (χ0v) is 20.2. The molecule has 14 nitrogen and oxygen atoms in total. The Labute approximate surface area is 212 Å². The van der Waals surface area contributed by atoms with Crippen molar-refractivity contribution in [2.24, 2.45) is 21.5 Å². The van der Waals surface area contributed by atoms with Gasteiger partial charge in [0, 0.05) is 19.2 Å². The fourth-order valence-electron chi connectivity index (χ4n) is 6.34. The molecule has 0 radical (unpaired) electrons. The molecule has 1 aromatic carbocycles. The number of fused-ring (bicyclic) bond motifs is 1. The summed E-state index contributed by atoms with van der Waals surface area (Å²) in [7, 11) is 1.51. The second kappa shape index (κ2) is 7.79. The van der Waals surface area contributed by atoms with Crippen LogP contribution in [-0.4, -0.2) is 111 Å². The second-order valence-corrected chi connectivity index (χ2v) is 10.2. The summed E-state index contributed by atoms with van der Waals surface area (Å²) in [6, 6.07) is 1.91. The molecule has 2 saturated heterocycles. The van der Waals surface area contributed by atoms with E-state index >= 15 is 0 Å². The van der Waals surface area contributed by atoms with Crippen LogP contribution < -0.4 is 22.1 Å². The summed E-state index contributed by atoms with van der Waals surface area (Å²) in [5.41, 5.74) is 13.1. The van der Waals surface area contributed by atoms with Crippen molar-refractivity contribution in [2.45, 2.75) is 48.8 Å². The summed E-state index contributed by atoms with van der Waals surface area (Å²) in [5, 5.41) is 28.8. The number of likely N-dealkylation sites (N-methyl/N-ethyl adjacent to an activating group) is 1. The Morgan fingerprint density at radius 2 is 2.03 bits per heavy atom. The molecule has 196 valence electrons. The van der Waals surface area contributed by atoms with Gasteiger partial charge >= 0.3 is 6.03 Å². The second-order valence-electron chi connectivity index (χ2n) is 10.2. The monoisotopic (exact) mass is 511 g/mol. The maximum absolute atomic E-state index is 13.3. The quantitative estimate of drug-likeness (QED) is 0.178. The minimum absolute atomic E-state index is 0.0593. The fraction of sp³-hybridized carbons (Fsp3) is 0.522. The molecule has 1 aliphatic carbocycles. The van der Waals surface area contributed by atoms with Gasteiger partial charge in [0.25, 0.3) is 5.91 Å². The Hall–Kier alpha value is -3.91. The number of nitrogens with zero attached hydrogens (tertiary/aromatic N) is 5. The van der Waals surface area contributed by atoms with Crippen molar-refractivity contribution in [1.29, 1.82) is 0 Å². The first-order valence-corrected chi connectivity index (χ1v) is 12.2. The Morgan fingerprint density at radius 1 is 1.24 bits per heavy atom. The number of hydrogen-bond donors (Lipinski definition) is 6. The van der Waals surface area contributed by atoms with Crippen molar-refractivity contribution < 1.29 is 24.6 Å². The number of aliphatic imine (C=N–C) groups is 2. The number of aryl methyl sites for hydroxylation is 1. The average Bonchev–Trinajstić information content (AvgIpc) is 3.57. The van der Waals surface area contributed by atoms with E-state index in [4.69, 9.17) is 11.5 Å². The number of nitrogens with one attached hydrogen (secondary N) is 2.